The van der Waals surface area contributed by atoms with E-state index < -0.39 is 0 Å². The van der Waals surface area contributed by atoms with Gasteiger partial charge in [0.05, 0.1) is 0 Å². The van der Waals surface area contributed by atoms with Gasteiger partial charge in [-0.3, -0.25) is 5.43 Å². The Hall–Kier alpha value is -0.610. The van der Waals surface area contributed by atoms with Gasteiger partial charge in [-0.2, -0.15) is 0 Å². The first-order chi connectivity index (χ1) is 7.79. The van der Waals surface area contributed by atoms with Gasteiger partial charge in [-0.25, -0.2) is 5.43 Å². The average molecular weight is 237 g/mol. The van der Waals surface area contributed by atoms with Crippen LogP contribution in [0.15, 0.2) is 12.2 Å². The molecule has 0 spiro atoms. The van der Waals surface area contributed by atoms with E-state index in [0.29, 0.717) is 6.04 Å². The third kappa shape index (κ3) is 1.55. The standard InChI is InChI=1S/C12H19N3S/c1-13-15-12(16)14-11-6-7-5-10(11)9-4-2-3-8(7)9/h2,4,7-11,13H,3,5-6H2,1H3,(H2,14,15,16)/t7-,8-,9-,10+,11-/m1/s1. The molecule has 3 rings (SSSR count). The highest BCUT2D eigenvalue weighted by atomic mass is 32.1. The molecule has 2 bridgehead atoms. The number of thiocarbonyl (C=S) groups is 1. The monoisotopic (exact) mass is 237 g/mol. The van der Waals surface area contributed by atoms with Crippen LogP contribution in [0.3, 0.4) is 0 Å². The van der Waals surface area contributed by atoms with Gasteiger partial charge in [-0.1, -0.05) is 12.2 Å². The first-order valence-corrected chi connectivity index (χ1v) is 6.60. The van der Waals surface area contributed by atoms with Crippen molar-refractivity contribution >= 4 is 17.3 Å². The summed E-state index contributed by atoms with van der Waals surface area (Å²) in [6.07, 6.45) is 8.84. The van der Waals surface area contributed by atoms with Crippen LogP contribution in [0.2, 0.25) is 0 Å². The lowest BCUT2D eigenvalue weighted by Crippen LogP contribution is -2.49. The topological polar surface area (TPSA) is 36.1 Å². The quantitative estimate of drug-likeness (QED) is 0.383. The van der Waals surface area contributed by atoms with E-state index in [4.69, 9.17) is 12.2 Å². The predicted molar refractivity (Wildman–Crippen MR) is 68.7 cm³/mol. The maximum absolute atomic E-state index is 5.22. The van der Waals surface area contributed by atoms with E-state index in [1.807, 2.05) is 7.05 Å². The van der Waals surface area contributed by atoms with Crippen molar-refractivity contribution in [1.82, 2.24) is 16.2 Å². The molecule has 5 atom stereocenters. The third-order valence-electron chi connectivity index (χ3n) is 4.56. The van der Waals surface area contributed by atoms with Crippen LogP contribution in [0, 0.1) is 23.7 Å². The fourth-order valence-electron chi connectivity index (χ4n) is 4.03. The zero-order chi connectivity index (χ0) is 11.1. The van der Waals surface area contributed by atoms with Crippen molar-refractivity contribution < 1.29 is 0 Å². The lowest BCUT2D eigenvalue weighted by Gasteiger charge is -2.32. The van der Waals surface area contributed by atoms with E-state index in [2.05, 4.69) is 28.3 Å². The zero-order valence-electron chi connectivity index (χ0n) is 9.57. The summed E-state index contributed by atoms with van der Waals surface area (Å²) in [6, 6.07) is 0.586. The molecule has 0 aliphatic heterocycles. The minimum Gasteiger partial charge on any atom is -0.359 e. The number of rotatable bonds is 2. The largest absolute Gasteiger partial charge is 0.359 e. The summed E-state index contributed by atoms with van der Waals surface area (Å²) in [5, 5.41) is 4.18. The highest BCUT2D eigenvalue weighted by molar-refractivity contribution is 7.80. The average Bonchev–Trinajstić information content (AvgIpc) is 2.86. The Balaban J connectivity index is 1.63. The summed E-state index contributed by atoms with van der Waals surface area (Å²) in [7, 11) is 1.84. The second-order valence-corrected chi connectivity index (χ2v) is 5.66. The summed E-state index contributed by atoms with van der Waals surface area (Å²) in [5.41, 5.74) is 5.81. The molecule has 0 heterocycles. The summed E-state index contributed by atoms with van der Waals surface area (Å²) >= 11 is 5.22. The molecule has 0 saturated heterocycles. The maximum Gasteiger partial charge on any atom is 0.181 e. The van der Waals surface area contributed by atoms with E-state index in [1.54, 1.807) is 0 Å². The molecule has 16 heavy (non-hydrogen) atoms. The van der Waals surface area contributed by atoms with Gasteiger partial charge in [-0.05, 0) is 55.2 Å². The third-order valence-corrected chi connectivity index (χ3v) is 4.78. The molecule has 3 nitrogen and oxygen atoms in total. The Morgan fingerprint density at radius 3 is 3.00 bits per heavy atom. The molecule has 0 amide bonds. The van der Waals surface area contributed by atoms with Crippen LogP contribution in [-0.4, -0.2) is 18.2 Å². The second kappa shape index (κ2) is 4.00. The van der Waals surface area contributed by atoms with Crippen molar-refractivity contribution in [2.24, 2.45) is 23.7 Å². The van der Waals surface area contributed by atoms with Crippen molar-refractivity contribution in [3.8, 4) is 0 Å². The van der Waals surface area contributed by atoms with Gasteiger partial charge in [0.1, 0.15) is 0 Å². The van der Waals surface area contributed by atoms with Crippen LogP contribution in [0.25, 0.3) is 0 Å². The Bertz CT molecular complexity index is 328. The number of nitrogens with one attached hydrogen (secondary N) is 3. The molecular formula is C12H19N3S. The minimum absolute atomic E-state index is 0.586. The van der Waals surface area contributed by atoms with Crippen molar-refractivity contribution in [3.05, 3.63) is 12.2 Å². The van der Waals surface area contributed by atoms with Crippen LogP contribution in [0.4, 0.5) is 0 Å². The Morgan fingerprint density at radius 1 is 1.31 bits per heavy atom. The molecule has 0 unspecified atom stereocenters. The van der Waals surface area contributed by atoms with E-state index in [9.17, 15) is 0 Å². The van der Waals surface area contributed by atoms with E-state index in [-0.39, 0.29) is 0 Å². The Labute approximate surface area is 102 Å². The summed E-state index contributed by atoms with van der Waals surface area (Å²) in [6.45, 7) is 0. The molecule has 0 aromatic rings. The van der Waals surface area contributed by atoms with Crippen LogP contribution in [0.5, 0.6) is 0 Å². The molecular weight excluding hydrogens is 218 g/mol. The molecule has 0 radical (unpaired) electrons. The predicted octanol–water partition coefficient (Wildman–Crippen LogP) is 1.19. The summed E-state index contributed by atoms with van der Waals surface area (Å²) in [5.74, 6) is 3.52. The number of allylic oxidation sites excluding steroid dienone is 2. The lowest BCUT2D eigenvalue weighted by molar-refractivity contribution is 0.245. The molecule has 4 heteroatoms. The molecule has 88 valence electrons. The van der Waals surface area contributed by atoms with Crippen molar-refractivity contribution in [1.29, 1.82) is 0 Å². The zero-order valence-corrected chi connectivity index (χ0v) is 10.4. The Kier molecular flexibility index (Phi) is 2.64. The van der Waals surface area contributed by atoms with Crippen LogP contribution >= 0.6 is 12.2 Å². The normalized spacial score (nSPS) is 43.4. The Morgan fingerprint density at radius 2 is 2.19 bits per heavy atom. The van der Waals surface area contributed by atoms with Gasteiger partial charge in [-0.15, -0.1) is 0 Å². The second-order valence-electron chi connectivity index (χ2n) is 5.26. The molecule has 3 N–H and O–H groups in total. The number of hydrogen-bond donors (Lipinski definition) is 3. The molecule has 2 fully saturated rings. The fraction of sp³-hybridized carbons (Fsp3) is 0.750. The van der Waals surface area contributed by atoms with Gasteiger partial charge < -0.3 is 5.32 Å². The first-order valence-electron chi connectivity index (χ1n) is 6.19. The van der Waals surface area contributed by atoms with Crippen LogP contribution in [0.1, 0.15) is 19.3 Å². The van der Waals surface area contributed by atoms with Crippen LogP contribution < -0.4 is 16.2 Å². The van der Waals surface area contributed by atoms with Gasteiger partial charge in [0.2, 0.25) is 0 Å². The number of hydrogen-bond acceptors (Lipinski definition) is 2. The molecule has 0 aromatic heterocycles. The summed E-state index contributed by atoms with van der Waals surface area (Å²) in [4.78, 5) is 0. The minimum atomic E-state index is 0.586. The molecule has 3 aliphatic carbocycles. The van der Waals surface area contributed by atoms with Crippen molar-refractivity contribution in [2.75, 3.05) is 7.05 Å². The van der Waals surface area contributed by atoms with E-state index in [1.165, 1.54) is 19.3 Å². The maximum atomic E-state index is 5.22. The number of hydrazine groups is 1. The first kappa shape index (κ1) is 10.5. The van der Waals surface area contributed by atoms with Gasteiger partial charge in [0.15, 0.2) is 5.11 Å². The van der Waals surface area contributed by atoms with Crippen molar-refractivity contribution in [2.45, 2.75) is 25.3 Å². The fourth-order valence-corrected chi connectivity index (χ4v) is 4.28. The SMILES string of the molecule is CNNC(=S)N[C@@H]1C[C@H]2C[C@H]1[C@@H]1C=CC[C@H]21. The van der Waals surface area contributed by atoms with Gasteiger partial charge in [0, 0.05) is 13.1 Å². The smallest absolute Gasteiger partial charge is 0.181 e. The lowest BCUT2D eigenvalue weighted by atomic mass is 9.79. The van der Waals surface area contributed by atoms with E-state index >= 15 is 0 Å². The van der Waals surface area contributed by atoms with Gasteiger partial charge >= 0.3 is 0 Å². The highest BCUT2D eigenvalue weighted by Gasteiger charge is 2.52. The molecule has 3 aliphatic rings. The van der Waals surface area contributed by atoms with Crippen molar-refractivity contribution in [3.63, 3.8) is 0 Å². The highest BCUT2D eigenvalue weighted by Crippen LogP contribution is 2.56. The number of fused-ring (bicyclic) bond motifs is 5. The molecule has 2 saturated carbocycles. The molecule has 0 aromatic carbocycles. The van der Waals surface area contributed by atoms with Gasteiger partial charge in [0.25, 0.3) is 0 Å². The van der Waals surface area contributed by atoms with E-state index in [0.717, 1.165) is 28.8 Å². The summed E-state index contributed by atoms with van der Waals surface area (Å²) < 4.78 is 0. The van der Waals surface area contributed by atoms with Crippen LogP contribution in [-0.2, 0) is 0 Å².